The van der Waals surface area contributed by atoms with E-state index in [0.29, 0.717) is 27.2 Å². The highest BCUT2D eigenvalue weighted by Crippen LogP contribution is 2.34. The molecule has 3 rings (SSSR count). The highest BCUT2D eigenvalue weighted by atomic mass is 35.5. The summed E-state index contributed by atoms with van der Waals surface area (Å²) in [6, 6.07) is 9.31. The number of ether oxygens (including phenoxy) is 2. The Morgan fingerprint density at radius 3 is 2.83 bits per heavy atom. The van der Waals surface area contributed by atoms with Gasteiger partial charge < -0.3 is 14.8 Å². The minimum Gasteiger partial charge on any atom is -0.454 e. The van der Waals surface area contributed by atoms with Gasteiger partial charge >= 0.3 is 0 Å². The number of carbonyl (C=O) groups is 1. The average molecular weight is 384 g/mol. The second kappa shape index (κ2) is 7.55. The third kappa shape index (κ3) is 3.91. The number of hydrogen-bond acceptors (Lipinski definition) is 4. The van der Waals surface area contributed by atoms with E-state index in [1.165, 1.54) is 11.8 Å². The van der Waals surface area contributed by atoms with E-state index in [2.05, 4.69) is 5.32 Å². The third-order valence-corrected chi connectivity index (χ3v) is 5.29. The number of rotatable bonds is 5. The van der Waals surface area contributed by atoms with Gasteiger partial charge in [-0.25, -0.2) is 0 Å². The molecule has 0 radical (unpaired) electrons. The Labute approximate surface area is 154 Å². The van der Waals surface area contributed by atoms with Crippen LogP contribution in [0.15, 0.2) is 30.3 Å². The predicted octanol–water partition coefficient (Wildman–Crippen LogP) is 4.90. The van der Waals surface area contributed by atoms with Crippen molar-refractivity contribution in [3.63, 3.8) is 0 Å². The zero-order valence-electron chi connectivity index (χ0n) is 12.9. The predicted molar refractivity (Wildman–Crippen MR) is 98.6 cm³/mol. The Bertz CT molecular complexity index is 783. The zero-order valence-corrected chi connectivity index (χ0v) is 15.2. The van der Waals surface area contributed by atoms with Crippen LogP contribution in [0, 0.1) is 6.92 Å². The van der Waals surface area contributed by atoms with E-state index < -0.39 is 0 Å². The summed E-state index contributed by atoms with van der Waals surface area (Å²) in [6.07, 6.45) is 0. The van der Waals surface area contributed by atoms with Crippen molar-refractivity contribution >= 4 is 46.6 Å². The molecule has 1 amide bonds. The van der Waals surface area contributed by atoms with Gasteiger partial charge in [0, 0.05) is 5.75 Å². The molecule has 2 aromatic rings. The molecule has 0 atom stereocenters. The number of aryl methyl sites for hydroxylation is 1. The van der Waals surface area contributed by atoms with Gasteiger partial charge in [0.2, 0.25) is 12.7 Å². The third-order valence-electron chi connectivity index (χ3n) is 3.49. The zero-order chi connectivity index (χ0) is 17.1. The normalized spacial score (nSPS) is 12.3. The minimum absolute atomic E-state index is 0.143. The van der Waals surface area contributed by atoms with Crippen LogP contribution in [0.5, 0.6) is 11.5 Å². The molecular weight excluding hydrogens is 369 g/mol. The number of fused-ring (bicyclic) bond motifs is 1. The van der Waals surface area contributed by atoms with Crippen molar-refractivity contribution in [3.8, 4) is 11.5 Å². The standard InChI is InChI=1S/C17H15Cl2NO3S/c1-10-2-4-12(18)17(16(10)19)20-15(21)8-24-7-11-3-5-13-14(6-11)23-9-22-13/h2-6H,7-9H2,1H3,(H,20,21). The maximum atomic E-state index is 12.1. The van der Waals surface area contributed by atoms with Crippen molar-refractivity contribution in [2.24, 2.45) is 0 Å². The lowest BCUT2D eigenvalue weighted by atomic mass is 10.2. The van der Waals surface area contributed by atoms with Crippen LogP contribution in [0.2, 0.25) is 10.0 Å². The van der Waals surface area contributed by atoms with Gasteiger partial charge in [-0.15, -0.1) is 11.8 Å². The van der Waals surface area contributed by atoms with Gasteiger partial charge in [0.05, 0.1) is 21.5 Å². The van der Waals surface area contributed by atoms with E-state index in [9.17, 15) is 4.79 Å². The average Bonchev–Trinajstić information content (AvgIpc) is 3.03. The summed E-state index contributed by atoms with van der Waals surface area (Å²) in [5.41, 5.74) is 2.40. The van der Waals surface area contributed by atoms with Crippen LogP contribution in [-0.2, 0) is 10.5 Å². The second-order valence-electron chi connectivity index (χ2n) is 5.28. The number of nitrogens with one attached hydrogen (secondary N) is 1. The fraction of sp³-hybridized carbons (Fsp3) is 0.235. The summed E-state index contributed by atoms with van der Waals surface area (Å²) in [5.74, 6) is 2.35. The topological polar surface area (TPSA) is 47.6 Å². The van der Waals surface area contributed by atoms with Crippen LogP contribution in [0.1, 0.15) is 11.1 Å². The molecule has 4 nitrogen and oxygen atoms in total. The highest BCUT2D eigenvalue weighted by molar-refractivity contribution is 7.99. The van der Waals surface area contributed by atoms with Crippen LogP contribution in [-0.4, -0.2) is 18.5 Å². The highest BCUT2D eigenvalue weighted by Gasteiger charge is 2.14. The van der Waals surface area contributed by atoms with Gasteiger partial charge in [-0.2, -0.15) is 0 Å². The Balaban J connectivity index is 1.54. The maximum absolute atomic E-state index is 12.1. The van der Waals surface area contributed by atoms with Crippen molar-refractivity contribution in [1.29, 1.82) is 0 Å². The van der Waals surface area contributed by atoms with Crippen molar-refractivity contribution < 1.29 is 14.3 Å². The van der Waals surface area contributed by atoms with E-state index in [-0.39, 0.29) is 12.7 Å². The molecule has 0 saturated heterocycles. The molecule has 0 fully saturated rings. The number of benzene rings is 2. The number of amides is 1. The minimum atomic E-state index is -0.143. The molecule has 1 N–H and O–H groups in total. The summed E-state index contributed by atoms with van der Waals surface area (Å²) < 4.78 is 10.6. The molecule has 0 spiro atoms. The van der Waals surface area contributed by atoms with Crippen LogP contribution < -0.4 is 14.8 Å². The Hall–Kier alpha value is -1.56. The van der Waals surface area contributed by atoms with Gasteiger partial charge in [-0.3, -0.25) is 4.79 Å². The molecule has 24 heavy (non-hydrogen) atoms. The lowest BCUT2D eigenvalue weighted by Gasteiger charge is -2.11. The summed E-state index contributed by atoms with van der Waals surface area (Å²) in [7, 11) is 0. The molecule has 2 aromatic carbocycles. The van der Waals surface area contributed by atoms with Crippen molar-refractivity contribution in [3.05, 3.63) is 51.5 Å². The van der Waals surface area contributed by atoms with Gasteiger partial charge in [0.15, 0.2) is 11.5 Å². The van der Waals surface area contributed by atoms with Gasteiger partial charge in [-0.1, -0.05) is 35.3 Å². The van der Waals surface area contributed by atoms with Gasteiger partial charge in [0.25, 0.3) is 0 Å². The number of hydrogen-bond donors (Lipinski definition) is 1. The Morgan fingerprint density at radius 2 is 2.00 bits per heavy atom. The molecule has 0 aromatic heterocycles. The first-order valence-corrected chi connectivity index (χ1v) is 9.16. The Kier molecular flexibility index (Phi) is 5.43. The lowest BCUT2D eigenvalue weighted by molar-refractivity contribution is -0.113. The van der Waals surface area contributed by atoms with Crippen molar-refractivity contribution in [2.45, 2.75) is 12.7 Å². The molecule has 0 aliphatic carbocycles. The smallest absolute Gasteiger partial charge is 0.234 e. The second-order valence-corrected chi connectivity index (χ2v) is 7.05. The van der Waals surface area contributed by atoms with Crippen LogP contribution in [0.3, 0.4) is 0 Å². The van der Waals surface area contributed by atoms with E-state index in [1.54, 1.807) is 6.07 Å². The number of anilines is 1. The molecule has 0 saturated carbocycles. The fourth-order valence-corrected chi connectivity index (χ4v) is 3.48. The van der Waals surface area contributed by atoms with Crippen LogP contribution in [0.4, 0.5) is 5.69 Å². The SMILES string of the molecule is Cc1ccc(Cl)c(NC(=O)CSCc2ccc3c(c2)OCO3)c1Cl. The number of halogens is 2. The summed E-state index contributed by atoms with van der Waals surface area (Å²) >= 11 is 13.8. The summed E-state index contributed by atoms with van der Waals surface area (Å²) in [6.45, 7) is 2.12. The molecule has 0 unspecified atom stereocenters. The van der Waals surface area contributed by atoms with E-state index in [1.807, 2.05) is 31.2 Å². The summed E-state index contributed by atoms with van der Waals surface area (Å²) in [5, 5.41) is 3.68. The number of thioether (sulfide) groups is 1. The van der Waals surface area contributed by atoms with E-state index in [4.69, 9.17) is 32.7 Å². The van der Waals surface area contributed by atoms with Crippen LogP contribution in [0.25, 0.3) is 0 Å². The monoisotopic (exact) mass is 383 g/mol. The quantitative estimate of drug-likeness (QED) is 0.797. The van der Waals surface area contributed by atoms with E-state index >= 15 is 0 Å². The number of carbonyl (C=O) groups excluding carboxylic acids is 1. The summed E-state index contributed by atoms with van der Waals surface area (Å²) in [4.78, 5) is 12.1. The first kappa shape index (κ1) is 17.3. The molecule has 1 aliphatic heterocycles. The molecule has 1 heterocycles. The van der Waals surface area contributed by atoms with Gasteiger partial charge in [-0.05, 0) is 36.2 Å². The van der Waals surface area contributed by atoms with Crippen LogP contribution >= 0.6 is 35.0 Å². The molecule has 1 aliphatic rings. The molecule has 7 heteroatoms. The van der Waals surface area contributed by atoms with E-state index in [0.717, 1.165) is 22.6 Å². The first-order valence-electron chi connectivity index (χ1n) is 7.25. The van der Waals surface area contributed by atoms with Crippen molar-refractivity contribution in [1.82, 2.24) is 0 Å². The molecule has 0 bridgehead atoms. The molecular formula is C17H15Cl2NO3S. The first-order chi connectivity index (χ1) is 11.5. The Morgan fingerprint density at radius 1 is 1.21 bits per heavy atom. The maximum Gasteiger partial charge on any atom is 0.234 e. The van der Waals surface area contributed by atoms with Gasteiger partial charge in [0.1, 0.15) is 0 Å². The van der Waals surface area contributed by atoms with Crippen molar-refractivity contribution in [2.75, 3.05) is 17.9 Å². The lowest BCUT2D eigenvalue weighted by Crippen LogP contribution is -2.15. The molecule has 126 valence electrons. The fourth-order valence-electron chi connectivity index (χ4n) is 2.24. The largest absolute Gasteiger partial charge is 0.454 e.